The number of ether oxygens (including phenoxy) is 2. The molecular weight excluding hydrogens is 444 g/mol. The number of aromatic nitrogens is 3. The van der Waals surface area contributed by atoms with Crippen molar-refractivity contribution in [2.45, 2.75) is 31.7 Å². The zero-order chi connectivity index (χ0) is 23.0. The van der Waals surface area contributed by atoms with Gasteiger partial charge >= 0.3 is 0 Å². The van der Waals surface area contributed by atoms with Crippen LogP contribution in [0.15, 0.2) is 24.7 Å². The van der Waals surface area contributed by atoms with Crippen LogP contribution in [0.25, 0.3) is 11.3 Å². The summed E-state index contributed by atoms with van der Waals surface area (Å²) in [5.74, 6) is 1.53. The molecule has 0 aliphatic carbocycles. The first-order valence-electron chi connectivity index (χ1n) is 11.4. The largest absolute Gasteiger partial charge is 0.383 e. The second kappa shape index (κ2) is 11.7. The van der Waals surface area contributed by atoms with Gasteiger partial charge in [0.2, 0.25) is 5.91 Å². The fraction of sp³-hybridized carbons (Fsp3) is 0.565. The van der Waals surface area contributed by atoms with Crippen LogP contribution in [0.5, 0.6) is 0 Å². The Morgan fingerprint density at radius 2 is 2.06 bits per heavy atom. The molecule has 2 fully saturated rings. The van der Waals surface area contributed by atoms with E-state index in [9.17, 15) is 4.79 Å². The average Bonchev–Trinajstić information content (AvgIpc) is 2.85. The molecule has 10 heteroatoms. The van der Waals surface area contributed by atoms with E-state index in [0.717, 1.165) is 45.4 Å². The number of piperidine rings is 1. The van der Waals surface area contributed by atoms with Crippen LogP contribution < -0.4 is 16.0 Å². The van der Waals surface area contributed by atoms with Crippen LogP contribution in [0, 0.1) is 11.8 Å². The first kappa shape index (κ1) is 23.8. The van der Waals surface area contributed by atoms with Gasteiger partial charge in [-0.3, -0.25) is 9.78 Å². The summed E-state index contributed by atoms with van der Waals surface area (Å²) in [7, 11) is 1.69. The zero-order valence-corrected chi connectivity index (χ0v) is 19.6. The van der Waals surface area contributed by atoms with Crippen LogP contribution in [-0.4, -0.2) is 66.9 Å². The summed E-state index contributed by atoms with van der Waals surface area (Å²) in [5, 5.41) is 10.1. The lowest BCUT2D eigenvalue weighted by atomic mass is 9.94. The molecule has 4 rings (SSSR count). The lowest BCUT2D eigenvalue weighted by molar-refractivity contribution is -0.120. The molecule has 0 spiro atoms. The Bertz CT molecular complexity index is 932. The van der Waals surface area contributed by atoms with Gasteiger partial charge in [-0.1, -0.05) is 11.6 Å². The molecule has 2 aliphatic rings. The fourth-order valence-electron chi connectivity index (χ4n) is 4.19. The molecular formula is C23H31ClN6O3. The van der Waals surface area contributed by atoms with E-state index >= 15 is 0 Å². The number of hydrogen-bond acceptors (Lipinski definition) is 8. The predicted octanol–water partition coefficient (Wildman–Crippen LogP) is 2.98. The van der Waals surface area contributed by atoms with E-state index in [2.05, 4.69) is 30.9 Å². The lowest BCUT2D eigenvalue weighted by Crippen LogP contribution is -2.45. The quantitative estimate of drug-likeness (QED) is 0.535. The molecule has 2 saturated heterocycles. The molecule has 0 radical (unpaired) electrons. The van der Waals surface area contributed by atoms with Crippen LogP contribution in [-0.2, 0) is 14.3 Å². The van der Waals surface area contributed by atoms with E-state index in [-0.39, 0.29) is 11.8 Å². The Balaban J connectivity index is 1.39. The normalized spacial score (nSPS) is 21.5. The molecule has 4 heterocycles. The van der Waals surface area contributed by atoms with E-state index in [1.807, 2.05) is 0 Å². The molecule has 0 saturated carbocycles. The monoisotopic (exact) mass is 474 g/mol. The summed E-state index contributed by atoms with van der Waals surface area (Å²) in [6, 6.07) is 2.04. The smallest absolute Gasteiger partial charge is 0.229 e. The number of pyridine rings is 1. The molecule has 3 N–H and O–H groups in total. The minimum absolute atomic E-state index is 0.0582. The van der Waals surface area contributed by atoms with Gasteiger partial charge in [0, 0.05) is 51.2 Å². The van der Waals surface area contributed by atoms with Gasteiger partial charge in [0.25, 0.3) is 0 Å². The highest BCUT2D eigenvalue weighted by atomic mass is 35.5. The molecule has 2 aromatic rings. The van der Waals surface area contributed by atoms with Crippen LogP contribution in [0.2, 0.25) is 5.02 Å². The van der Waals surface area contributed by atoms with Gasteiger partial charge in [0.15, 0.2) is 0 Å². The van der Waals surface area contributed by atoms with Gasteiger partial charge in [-0.05, 0) is 37.7 Å². The summed E-state index contributed by atoms with van der Waals surface area (Å²) in [5.41, 5.74) is 1.29. The second-order valence-corrected chi connectivity index (χ2v) is 9.01. The van der Waals surface area contributed by atoms with Gasteiger partial charge in [-0.15, -0.1) is 0 Å². The van der Waals surface area contributed by atoms with Crippen molar-refractivity contribution >= 4 is 29.1 Å². The Morgan fingerprint density at radius 1 is 1.21 bits per heavy atom. The molecule has 33 heavy (non-hydrogen) atoms. The van der Waals surface area contributed by atoms with Crippen molar-refractivity contribution in [1.82, 2.24) is 20.3 Å². The topological polar surface area (TPSA) is 110 Å². The average molecular weight is 475 g/mol. The first-order valence-corrected chi connectivity index (χ1v) is 11.8. The molecule has 178 valence electrons. The minimum Gasteiger partial charge on any atom is -0.383 e. The van der Waals surface area contributed by atoms with Crippen molar-refractivity contribution in [1.29, 1.82) is 0 Å². The molecule has 2 atom stereocenters. The lowest BCUT2D eigenvalue weighted by Gasteiger charge is -2.28. The van der Waals surface area contributed by atoms with E-state index in [4.69, 9.17) is 21.1 Å². The van der Waals surface area contributed by atoms with Crippen molar-refractivity contribution in [2.75, 3.05) is 50.7 Å². The van der Waals surface area contributed by atoms with Gasteiger partial charge in [-0.25, -0.2) is 9.97 Å². The first-order chi connectivity index (χ1) is 16.1. The number of nitrogens with one attached hydrogen (secondary N) is 3. The molecule has 2 aromatic heterocycles. The fourth-order valence-corrected chi connectivity index (χ4v) is 4.39. The van der Waals surface area contributed by atoms with Crippen molar-refractivity contribution in [2.24, 2.45) is 11.8 Å². The number of anilines is 2. The molecule has 9 nitrogen and oxygen atoms in total. The standard InChI is InChI=1S/C23H31ClN6O3/c1-32-14-17-3-2-16(10-26-17)23(31)30-21-8-18(19(24)11-28-21)20-12-25-13-22(29-20)27-9-15-4-6-33-7-5-15/h8,11-13,15-17,26H,2-7,9-10,14H2,1H3,(H,27,29)(H,28,30,31). The van der Waals surface area contributed by atoms with Crippen molar-refractivity contribution in [3.05, 3.63) is 29.7 Å². The summed E-state index contributed by atoms with van der Waals surface area (Å²) in [6.07, 6.45) is 8.69. The summed E-state index contributed by atoms with van der Waals surface area (Å²) in [6.45, 7) is 3.72. The van der Waals surface area contributed by atoms with E-state index in [1.165, 1.54) is 6.20 Å². The maximum absolute atomic E-state index is 12.8. The molecule has 0 bridgehead atoms. The molecule has 1 amide bonds. The van der Waals surface area contributed by atoms with Crippen molar-refractivity contribution in [3.8, 4) is 11.3 Å². The summed E-state index contributed by atoms with van der Waals surface area (Å²) in [4.78, 5) is 26.0. The number of carbonyl (C=O) groups is 1. The van der Waals surface area contributed by atoms with Crippen LogP contribution in [0.1, 0.15) is 25.7 Å². The van der Waals surface area contributed by atoms with Gasteiger partial charge in [-0.2, -0.15) is 0 Å². The van der Waals surface area contributed by atoms with Gasteiger partial charge in [0.1, 0.15) is 11.6 Å². The molecule has 2 aliphatic heterocycles. The van der Waals surface area contributed by atoms with Gasteiger partial charge in [0.05, 0.1) is 35.6 Å². The van der Waals surface area contributed by atoms with E-state index in [1.54, 1.807) is 25.6 Å². The second-order valence-electron chi connectivity index (χ2n) is 8.60. The third-order valence-electron chi connectivity index (χ3n) is 6.18. The third-order valence-corrected chi connectivity index (χ3v) is 6.49. The highest BCUT2D eigenvalue weighted by Crippen LogP contribution is 2.29. The zero-order valence-electron chi connectivity index (χ0n) is 18.8. The summed E-state index contributed by atoms with van der Waals surface area (Å²) >= 11 is 6.41. The summed E-state index contributed by atoms with van der Waals surface area (Å²) < 4.78 is 10.6. The highest BCUT2D eigenvalue weighted by Gasteiger charge is 2.26. The Kier molecular flexibility index (Phi) is 8.44. The van der Waals surface area contributed by atoms with E-state index < -0.39 is 0 Å². The van der Waals surface area contributed by atoms with Crippen LogP contribution >= 0.6 is 11.6 Å². The number of nitrogens with zero attached hydrogens (tertiary/aromatic N) is 3. The number of rotatable bonds is 8. The Morgan fingerprint density at radius 3 is 2.82 bits per heavy atom. The van der Waals surface area contributed by atoms with E-state index in [0.29, 0.717) is 53.0 Å². The Labute approximate surface area is 199 Å². The third kappa shape index (κ3) is 6.60. The van der Waals surface area contributed by atoms with Crippen molar-refractivity contribution < 1.29 is 14.3 Å². The SMILES string of the molecule is COCC1CCC(C(=O)Nc2cc(-c3cncc(NCC4CCOCC4)n3)c(Cl)cn2)CN1. The van der Waals surface area contributed by atoms with Crippen LogP contribution in [0.4, 0.5) is 11.6 Å². The number of amides is 1. The number of halogens is 1. The Hall–Kier alpha value is -2.33. The number of carbonyl (C=O) groups excluding carboxylic acids is 1. The van der Waals surface area contributed by atoms with Crippen LogP contribution in [0.3, 0.4) is 0 Å². The predicted molar refractivity (Wildman–Crippen MR) is 127 cm³/mol. The molecule has 0 aromatic carbocycles. The maximum atomic E-state index is 12.8. The highest BCUT2D eigenvalue weighted by molar-refractivity contribution is 6.33. The number of methoxy groups -OCH3 is 1. The molecule has 2 unspecified atom stereocenters. The minimum atomic E-state index is -0.114. The van der Waals surface area contributed by atoms with Gasteiger partial charge < -0.3 is 25.4 Å². The van der Waals surface area contributed by atoms with Crippen molar-refractivity contribution in [3.63, 3.8) is 0 Å². The maximum Gasteiger partial charge on any atom is 0.229 e. The number of hydrogen-bond donors (Lipinski definition) is 3.